The lowest BCUT2D eigenvalue weighted by Crippen LogP contribution is -2.70. The molecule has 0 unspecified atom stereocenters. The molecule has 1 aromatic rings. The van der Waals surface area contributed by atoms with Crippen molar-refractivity contribution in [2.24, 2.45) is 0 Å². The van der Waals surface area contributed by atoms with Gasteiger partial charge in [0.1, 0.15) is 5.75 Å². The number of hydrogen-bond acceptors (Lipinski definition) is 4. The maximum absolute atomic E-state index is 12.1. The lowest BCUT2D eigenvalue weighted by molar-refractivity contribution is -0.144. The van der Waals surface area contributed by atoms with Crippen LogP contribution in [0.3, 0.4) is 0 Å². The summed E-state index contributed by atoms with van der Waals surface area (Å²) in [7, 11) is 3.06. The van der Waals surface area contributed by atoms with Crippen molar-refractivity contribution < 1.29 is 19.4 Å². The quantitative estimate of drug-likeness (QED) is 0.630. The molecule has 0 spiro atoms. The lowest BCUT2D eigenvalue weighted by atomic mass is 9.90. The molecular weight excluding hydrogens is 258 g/mol. The maximum Gasteiger partial charge on any atom is 0.258 e. The van der Waals surface area contributed by atoms with Crippen molar-refractivity contribution in [1.82, 2.24) is 0 Å². The molecule has 5 nitrogen and oxygen atoms in total. The summed E-state index contributed by atoms with van der Waals surface area (Å²) in [5, 5.41) is 10.2. The molecule has 0 aliphatic carbocycles. The van der Waals surface area contributed by atoms with Crippen LogP contribution in [0.2, 0.25) is 0 Å². The highest BCUT2D eigenvalue weighted by atomic mass is 16.5. The first kappa shape index (κ1) is 14.6. The van der Waals surface area contributed by atoms with E-state index in [2.05, 4.69) is 6.58 Å². The van der Waals surface area contributed by atoms with Crippen LogP contribution in [0.4, 0.5) is 5.69 Å². The largest absolute Gasteiger partial charge is 0.497 e. The third kappa shape index (κ3) is 2.42. The van der Waals surface area contributed by atoms with Gasteiger partial charge in [0, 0.05) is 12.8 Å². The van der Waals surface area contributed by atoms with Crippen molar-refractivity contribution in [3.63, 3.8) is 0 Å². The van der Waals surface area contributed by atoms with Gasteiger partial charge < -0.3 is 19.5 Å². The highest BCUT2D eigenvalue weighted by Gasteiger charge is 2.51. The Morgan fingerprint density at radius 2 is 2.05 bits per heavy atom. The minimum Gasteiger partial charge on any atom is -0.497 e. The fourth-order valence-electron chi connectivity index (χ4n) is 2.45. The van der Waals surface area contributed by atoms with E-state index in [4.69, 9.17) is 9.47 Å². The SMILES string of the molecule is C=CC[C@@H](O)[C@@H]1[C@@H](OC)C(=O)N1c1ccc(OC)cc1. The molecule has 3 atom stereocenters. The molecular formula is C15H19NO4. The van der Waals surface area contributed by atoms with Gasteiger partial charge in [-0.25, -0.2) is 0 Å². The van der Waals surface area contributed by atoms with Crippen LogP contribution >= 0.6 is 0 Å². The number of carbonyl (C=O) groups is 1. The van der Waals surface area contributed by atoms with Gasteiger partial charge in [-0.2, -0.15) is 0 Å². The topological polar surface area (TPSA) is 59.0 Å². The Bertz CT molecular complexity index is 485. The van der Waals surface area contributed by atoms with Crippen LogP contribution in [0.1, 0.15) is 6.42 Å². The van der Waals surface area contributed by atoms with Crippen LogP contribution in [0.25, 0.3) is 0 Å². The number of carbonyl (C=O) groups excluding carboxylic acids is 1. The van der Waals surface area contributed by atoms with E-state index in [1.54, 1.807) is 42.4 Å². The number of aliphatic hydroxyl groups is 1. The summed E-state index contributed by atoms with van der Waals surface area (Å²) in [6, 6.07) is 6.74. The van der Waals surface area contributed by atoms with Crippen LogP contribution in [0, 0.1) is 0 Å². The number of amides is 1. The van der Waals surface area contributed by atoms with Gasteiger partial charge in [0.05, 0.1) is 19.3 Å². The first-order valence-electron chi connectivity index (χ1n) is 6.43. The molecule has 1 heterocycles. The van der Waals surface area contributed by atoms with Gasteiger partial charge >= 0.3 is 0 Å². The molecule has 5 heteroatoms. The van der Waals surface area contributed by atoms with E-state index in [1.165, 1.54) is 7.11 Å². The van der Waals surface area contributed by atoms with Gasteiger partial charge in [0.25, 0.3) is 5.91 Å². The Balaban J connectivity index is 2.23. The first-order valence-corrected chi connectivity index (χ1v) is 6.43. The highest BCUT2D eigenvalue weighted by Crippen LogP contribution is 2.33. The van der Waals surface area contributed by atoms with Crippen LogP contribution in [0.15, 0.2) is 36.9 Å². The number of anilines is 1. The zero-order chi connectivity index (χ0) is 14.7. The van der Waals surface area contributed by atoms with E-state index in [-0.39, 0.29) is 11.9 Å². The number of ether oxygens (including phenoxy) is 2. The molecule has 0 radical (unpaired) electrons. The molecule has 0 bridgehead atoms. The summed E-state index contributed by atoms with van der Waals surface area (Å²) in [5.74, 6) is 0.569. The molecule has 0 saturated carbocycles. The Morgan fingerprint density at radius 1 is 1.40 bits per heavy atom. The third-order valence-corrected chi connectivity index (χ3v) is 3.50. The summed E-state index contributed by atoms with van der Waals surface area (Å²) < 4.78 is 10.3. The average Bonchev–Trinajstić information content (AvgIpc) is 2.46. The van der Waals surface area contributed by atoms with Crippen molar-refractivity contribution in [3.8, 4) is 5.75 Å². The number of methoxy groups -OCH3 is 2. The second-order valence-electron chi connectivity index (χ2n) is 4.64. The molecule has 1 fully saturated rings. The van der Waals surface area contributed by atoms with Crippen LogP contribution in [-0.4, -0.2) is 43.5 Å². The predicted octanol–water partition coefficient (Wildman–Crippen LogP) is 1.36. The van der Waals surface area contributed by atoms with Crippen molar-refractivity contribution in [1.29, 1.82) is 0 Å². The van der Waals surface area contributed by atoms with Crippen molar-refractivity contribution in [2.45, 2.75) is 24.7 Å². The Hall–Kier alpha value is -1.85. The van der Waals surface area contributed by atoms with Crippen LogP contribution in [0.5, 0.6) is 5.75 Å². The maximum atomic E-state index is 12.1. The number of hydrogen-bond donors (Lipinski definition) is 1. The summed E-state index contributed by atoms with van der Waals surface area (Å²) in [6.45, 7) is 3.61. The Morgan fingerprint density at radius 3 is 2.55 bits per heavy atom. The van der Waals surface area contributed by atoms with E-state index >= 15 is 0 Å². The molecule has 1 amide bonds. The Kier molecular flexibility index (Phi) is 4.42. The molecule has 1 aliphatic heterocycles. The fraction of sp³-hybridized carbons (Fsp3) is 0.400. The number of benzene rings is 1. The number of aliphatic hydroxyl groups excluding tert-OH is 1. The lowest BCUT2D eigenvalue weighted by Gasteiger charge is -2.48. The summed E-state index contributed by atoms with van der Waals surface area (Å²) in [4.78, 5) is 13.7. The van der Waals surface area contributed by atoms with Gasteiger partial charge in [-0.3, -0.25) is 4.79 Å². The minimum absolute atomic E-state index is 0.147. The standard InChI is InChI=1S/C15H19NO4/c1-4-5-12(17)13-14(20-3)15(18)16(13)10-6-8-11(19-2)9-7-10/h4,6-9,12-14,17H,1,5H2,2-3H3/t12-,13-,14-/m1/s1. The van der Waals surface area contributed by atoms with E-state index in [1.807, 2.05) is 0 Å². The van der Waals surface area contributed by atoms with Crippen LogP contribution in [-0.2, 0) is 9.53 Å². The van der Waals surface area contributed by atoms with Crippen molar-refractivity contribution >= 4 is 11.6 Å². The van der Waals surface area contributed by atoms with Gasteiger partial charge in [-0.15, -0.1) is 6.58 Å². The average molecular weight is 277 g/mol. The van der Waals surface area contributed by atoms with Gasteiger partial charge in [-0.1, -0.05) is 6.08 Å². The van der Waals surface area contributed by atoms with E-state index in [9.17, 15) is 9.90 Å². The molecule has 108 valence electrons. The molecule has 2 rings (SSSR count). The van der Waals surface area contributed by atoms with Gasteiger partial charge in [-0.05, 0) is 30.7 Å². The third-order valence-electron chi connectivity index (χ3n) is 3.50. The molecule has 1 N–H and O–H groups in total. The molecule has 1 aromatic carbocycles. The predicted molar refractivity (Wildman–Crippen MR) is 75.9 cm³/mol. The number of β-lactam (4-membered cyclic amide) rings is 1. The molecule has 1 aliphatic rings. The second-order valence-corrected chi connectivity index (χ2v) is 4.64. The van der Waals surface area contributed by atoms with E-state index in [0.29, 0.717) is 12.2 Å². The second kappa shape index (κ2) is 6.07. The van der Waals surface area contributed by atoms with Crippen molar-refractivity contribution in [3.05, 3.63) is 36.9 Å². The summed E-state index contributed by atoms with van der Waals surface area (Å²) >= 11 is 0. The molecule has 0 aromatic heterocycles. The molecule has 1 saturated heterocycles. The zero-order valence-electron chi connectivity index (χ0n) is 11.7. The zero-order valence-corrected chi connectivity index (χ0v) is 11.7. The van der Waals surface area contributed by atoms with E-state index < -0.39 is 12.2 Å². The molecule has 20 heavy (non-hydrogen) atoms. The smallest absolute Gasteiger partial charge is 0.258 e. The normalized spacial score (nSPS) is 23.1. The minimum atomic E-state index is -0.697. The Labute approximate surface area is 118 Å². The van der Waals surface area contributed by atoms with Crippen LogP contribution < -0.4 is 9.64 Å². The van der Waals surface area contributed by atoms with Crippen molar-refractivity contribution in [2.75, 3.05) is 19.1 Å². The summed E-state index contributed by atoms with van der Waals surface area (Å²) in [5.41, 5.74) is 0.720. The number of rotatable bonds is 6. The summed E-state index contributed by atoms with van der Waals surface area (Å²) in [6.07, 6.45) is 0.737. The monoisotopic (exact) mass is 277 g/mol. The van der Waals surface area contributed by atoms with E-state index in [0.717, 1.165) is 5.69 Å². The van der Waals surface area contributed by atoms with Gasteiger partial charge in [0.2, 0.25) is 0 Å². The van der Waals surface area contributed by atoms with Gasteiger partial charge in [0.15, 0.2) is 6.10 Å². The fourth-order valence-corrected chi connectivity index (χ4v) is 2.45. The highest BCUT2D eigenvalue weighted by molar-refractivity contribution is 6.05. The number of nitrogens with zero attached hydrogens (tertiary/aromatic N) is 1. The first-order chi connectivity index (χ1) is 9.63.